The molecule has 0 saturated heterocycles. The SMILES string of the molecule is CN(C)c1ccc(C(c2ccc(N(C)C)cc2)c2ccc(N(C)CCOC(=O)CSc3ccccc3)cc2)cc1. The molecule has 0 aliphatic rings. The van der Waals surface area contributed by atoms with Crippen molar-refractivity contribution in [2.45, 2.75) is 10.8 Å². The number of hydrogen-bond acceptors (Lipinski definition) is 6. The molecule has 5 nitrogen and oxygen atoms in total. The van der Waals surface area contributed by atoms with Crippen LogP contribution in [-0.4, -0.2) is 60.1 Å². The molecule has 0 saturated carbocycles. The number of carbonyl (C=O) groups is 1. The Morgan fingerprint density at radius 2 is 1.10 bits per heavy atom. The molecular weight excluding hydrogens is 514 g/mol. The van der Waals surface area contributed by atoms with E-state index in [4.69, 9.17) is 4.74 Å². The van der Waals surface area contributed by atoms with E-state index in [1.54, 1.807) is 0 Å². The molecule has 4 aromatic carbocycles. The lowest BCUT2D eigenvalue weighted by Gasteiger charge is -2.23. The van der Waals surface area contributed by atoms with Gasteiger partial charge in [-0.2, -0.15) is 0 Å². The molecule has 0 unspecified atom stereocenters. The zero-order valence-electron chi connectivity index (χ0n) is 24.1. The van der Waals surface area contributed by atoms with E-state index in [1.165, 1.54) is 39.8 Å². The average Bonchev–Trinajstić information content (AvgIpc) is 2.97. The largest absolute Gasteiger partial charge is 0.463 e. The van der Waals surface area contributed by atoms with Crippen LogP contribution in [0.3, 0.4) is 0 Å². The van der Waals surface area contributed by atoms with Gasteiger partial charge in [0.15, 0.2) is 0 Å². The first-order valence-electron chi connectivity index (χ1n) is 13.5. The van der Waals surface area contributed by atoms with E-state index >= 15 is 0 Å². The number of carbonyl (C=O) groups excluding carboxylic acids is 1. The number of hydrogen-bond donors (Lipinski definition) is 0. The van der Waals surface area contributed by atoms with Crippen molar-refractivity contribution < 1.29 is 9.53 Å². The van der Waals surface area contributed by atoms with Gasteiger partial charge in [0.1, 0.15) is 6.61 Å². The summed E-state index contributed by atoms with van der Waals surface area (Å²) in [6, 6.07) is 36.2. The molecule has 0 spiro atoms. The first kappa shape index (κ1) is 29.1. The van der Waals surface area contributed by atoms with Crippen LogP contribution in [0.2, 0.25) is 0 Å². The van der Waals surface area contributed by atoms with Gasteiger partial charge in [-0.1, -0.05) is 54.6 Å². The Bertz CT molecular complexity index is 1290. The Hall–Kier alpha value is -3.90. The molecular formula is C34H39N3O2S. The molecule has 4 aromatic rings. The molecule has 0 atom stereocenters. The molecule has 0 bridgehead atoms. The number of benzene rings is 4. The molecule has 0 N–H and O–H groups in total. The second kappa shape index (κ2) is 13.9. The Labute approximate surface area is 243 Å². The molecule has 0 aromatic heterocycles. The molecule has 0 aliphatic carbocycles. The number of esters is 1. The first-order chi connectivity index (χ1) is 19.3. The van der Waals surface area contributed by atoms with Crippen molar-refractivity contribution in [3.63, 3.8) is 0 Å². The van der Waals surface area contributed by atoms with Crippen LogP contribution in [0.5, 0.6) is 0 Å². The highest BCUT2D eigenvalue weighted by Gasteiger charge is 2.18. The highest BCUT2D eigenvalue weighted by molar-refractivity contribution is 8.00. The third-order valence-corrected chi connectivity index (χ3v) is 7.93. The van der Waals surface area contributed by atoms with Crippen LogP contribution in [0.1, 0.15) is 22.6 Å². The minimum atomic E-state index is -0.194. The van der Waals surface area contributed by atoms with E-state index in [2.05, 4.69) is 116 Å². The molecule has 40 heavy (non-hydrogen) atoms. The monoisotopic (exact) mass is 553 g/mol. The van der Waals surface area contributed by atoms with E-state index < -0.39 is 0 Å². The van der Waals surface area contributed by atoms with Gasteiger partial charge in [-0.15, -0.1) is 11.8 Å². The van der Waals surface area contributed by atoms with E-state index in [0.29, 0.717) is 18.9 Å². The van der Waals surface area contributed by atoms with Crippen molar-refractivity contribution in [1.29, 1.82) is 0 Å². The van der Waals surface area contributed by atoms with Crippen molar-refractivity contribution >= 4 is 34.8 Å². The van der Waals surface area contributed by atoms with Crippen LogP contribution in [0, 0.1) is 0 Å². The number of nitrogens with zero attached hydrogens (tertiary/aromatic N) is 3. The number of rotatable bonds is 12. The molecule has 0 heterocycles. The zero-order valence-corrected chi connectivity index (χ0v) is 24.9. The van der Waals surface area contributed by atoms with Crippen LogP contribution in [0.25, 0.3) is 0 Å². The fourth-order valence-electron chi connectivity index (χ4n) is 4.55. The minimum absolute atomic E-state index is 0.120. The smallest absolute Gasteiger partial charge is 0.316 e. The lowest BCUT2D eigenvalue weighted by Crippen LogP contribution is -2.24. The summed E-state index contributed by atoms with van der Waals surface area (Å²) in [4.78, 5) is 19.6. The zero-order chi connectivity index (χ0) is 28.5. The topological polar surface area (TPSA) is 36.0 Å². The van der Waals surface area contributed by atoms with Crippen LogP contribution < -0.4 is 14.7 Å². The average molecular weight is 554 g/mol. The minimum Gasteiger partial charge on any atom is -0.463 e. The van der Waals surface area contributed by atoms with Gasteiger partial charge in [-0.3, -0.25) is 4.79 Å². The maximum Gasteiger partial charge on any atom is 0.316 e. The molecule has 0 aliphatic heterocycles. The Morgan fingerprint density at radius 3 is 1.55 bits per heavy atom. The third-order valence-electron chi connectivity index (χ3n) is 6.94. The van der Waals surface area contributed by atoms with Crippen molar-refractivity contribution in [3.8, 4) is 0 Å². The second-order valence-corrected chi connectivity index (χ2v) is 11.3. The van der Waals surface area contributed by atoms with Gasteiger partial charge in [0.05, 0.1) is 12.3 Å². The maximum absolute atomic E-state index is 12.2. The van der Waals surface area contributed by atoms with Crippen molar-refractivity contribution in [2.24, 2.45) is 0 Å². The van der Waals surface area contributed by atoms with Crippen molar-refractivity contribution in [1.82, 2.24) is 0 Å². The second-order valence-electron chi connectivity index (χ2n) is 10.2. The van der Waals surface area contributed by atoms with Crippen LogP contribution in [0.4, 0.5) is 17.1 Å². The van der Waals surface area contributed by atoms with Gasteiger partial charge in [0.2, 0.25) is 0 Å². The maximum atomic E-state index is 12.2. The standard InChI is InChI=1S/C34H39N3O2S/c1-35(2)29-17-11-26(12-18-29)34(27-13-19-30(20-14-27)36(3)4)28-15-21-31(22-16-28)37(5)23-24-39-33(38)25-40-32-9-7-6-8-10-32/h6-22,34H,23-25H2,1-5H3. The van der Waals surface area contributed by atoms with Gasteiger partial charge in [0, 0.05) is 63.1 Å². The van der Waals surface area contributed by atoms with Crippen molar-refractivity contribution in [2.75, 3.05) is 68.8 Å². The van der Waals surface area contributed by atoms with Gasteiger partial charge in [-0.25, -0.2) is 0 Å². The summed E-state index contributed by atoms with van der Waals surface area (Å²) in [5.74, 6) is 0.241. The predicted molar refractivity (Wildman–Crippen MR) is 170 cm³/mol. The van der Waals surface area contributed by atoms with E-state index in [1.807, 2.05) is 37.4 Å². The van der Waals surface area contributed by atoms with Gasteiger partial charge in [0.25, 0.3) is 0 Å². The fourth-order valence-corrected chi connectivity index (χ4v) is 5.27. The summed E-state index contributed by atoms with van der Waals surface area (Å²) in [5, 5.41) is 0. The molecule has 208 valence electrons. The number of ether oxygens (including phenoxy) is 1. The number of anilines is 3. The van der Waals surface area contributed by atoms with Crippen molar-refractivity contribution in [3.05, 3.63) is 120 Å². The number of likely N-dealkylation sites (N-methyl/N-ethyl adjacent to an activating group) is 1. The summed E-state index contributed by atoms with van der Waals surface area (Å²) in [6.07, 6.45) is 0. The molecule has 0 amide bonds. The van der Waals surface area contributed by atoms with Crippen LogP contribution >= 0.6 is 11.8 Å². The summed E-state index contributed by atoms with van der Waals surface area (Å²) in [6.45, 7) is 0.980. The normalized spacial score (nSPS) is 10.8. The van der Waals surface area contributed by atoms with Gasteiger partial charge < -0.3 is 19.4 Å². The van der Waals surface area contributed by atoms with Crippen LogP contribution in [-0.2, 0) is 9.53 Å². The summed E-state index contributed by atoms with van der Waals surface area (Å²) < 4.78 is 5.48. The highest BCUT2D eigenvalue weighted by atomic mass is 32.2. The lowest BCUT2D eigenvalue weighted by atomic mass is 9.85. The van der Waals surface area contributed by atoms with Gasteiger partial charge >= 0.3 is 5.97 Å². The fraction of sp³-hybridized carbons (Fsp3) is 0.265. The predicted octanol–water partition coefficient (Wildman–Crippen LogP) is 6.77. The Morgan fingerprint density at radius 1 is 0.650 bits per heavy atom. The van der Waals surface area contributed by atoms with E-state index in [-0.39, 0.29) is 11.9 Å². The Balaban J connectivity index is 1.42. The highest BCUT2D eigenvalue weighted by Crippen LogP contribution is 2.34. The molecule has 6 heteroatoms. The van der Waals surface area contributed by atoms with E-state index in [9.17, 15) is 4.79 Å². The Kier molecular flexibility index (Phi) is 10.1. The summed E-state index contributed by atoms with van der Waals surface area (Å²) >= 11 is 1.50. The van der Waals surface area contributed by atoms with Crippen LogP contribution in [0.15, 0.2) is 108 Å². The summed E-state index contributed by atoms with van der Waals surface area (Å²) in [5.41, 5.74) is 7.19. The van der Waals surface area contributed by atoms with Gasteiger partial charge in [-0.05, 0) is 65.2 Å². The lowest BCUT2D eigenvalue weighted by molar-refractivity contribution is -0.140. The quantitative estimate of drug-likeness (QED) is 0.109. The molecule has 0 fully saturated rings. The van der Waals surface area contributed by atoms with E-state index in [0.717, 1.165) is 10.6 Å². The third kappa shape index (κ3) is 7.82. The molecule has 4 rings (SSSR count). The summed E-state index contributed by atoms with van der Waals surface area (Å²) in [7, 11) is 10.3. The molecule has 0 radical (unpaired) electrons. The number of thioether (sulfide) groups is 1. The first-order valence-corrected chi connectivity index (χ1v) is 14.5.